The SMILES string of the molecule is CC(C)[C@@H]1[C@H](C)CCC[C@@H]1O. The second-order valence-electron chi connectivity index (χ2n) is 4.30. The maximum atomic E-state index is 9.71. The predicted octanol–water partition coefficient (Wildman–Crippen LogP) is 2.44. The first-order valence-electron chi connectivity index (χ1n) is 4.81. The molecule has 0 radical (unpaired) electrons. The standard InChI is InChI=1S/C10H20O/c1-7(2)10-8(3)5-4-6-9(10)11/h7-11H,4-6H2,1-3H3/t8-,9+,10-/m1/s1. The number of aliphatic hydroxyl groups is 1. The zero-order valence-electron chi connectivity index (χ0n) is 7.88. The van der Waals surface area contributed by atoms with Crippen LogP contribution in [-0.4, -0.2) is 11.2 Å². The summed E-state index contributed by atoms with van der Waals surface area (Å²) in [5.74, 6) is 1.91. The highest BCUT2D eigenvalue weighted by Crippen LogP contribution is 2.34. The van der Waals surface area contributed by atoms with Gasteiger partial charge >= 0.3 is 0 Å². The van der Waals surface area contributed by atoms with Gasteiger partial charge < -0.3 is 5.11 Å². The minimum Gasteiger partial charge on any atom is -0.393 e. The van der Waals surface area contributed by atoms with Crippen molar-refractivity contribution in [1.82, 2.24) is 0 Å². The molecule has 0 heterocycles. The molecule has 0 unspecified atom stereocenters. The van der Waals surface area contributed by atoms with Gasteiger partial charge in [0.25, 0.3) is 0 Å². The molecule has 11 heavy (non-hydrogen) atoms. The Morgan fingerprint density at radius 2 is 1.91 bits per heavy atom. The largest absolute Gasteiger partial charge is 0.393 e. The fourth-order valence-electron chi connectivity index (χ4n) is 2.51. The lowest BCUT2D eigenvalue weighted by Crippen LogP contribution is -2.34. The molecule has 66 valence electrons. The van der Waals surface area contributed by atoms with Crippen LogP contribution in [0.3, 0.4) is 0 Å². The Labute approximate surface area is 69.8 Å². The first-order chi connectivity index (χ1) is 5.13. The Balaban J connectivity index is 2.55. The molecule has 1 saturated carbocycles. The van der Waals surface area contributed by atoms with E-state index in [9.17, 15) is 5.11 Å². The van der Waals surface area contributed by atoms with Gasteiger partial charge in [0.15, 0.2) is 0 Å². The van der Waals surface area contributed by atoms with Crippen LogP contribution in [0.5, 0.6) is 0 Å². The summed E-state index contributed by atoms with van der Waals surface area (Å²) >= 11 is 0. The average molecular weight is 156 g/mol. The molecular formula is C10H20O. The Hall–Kier alpha value is -0.0400. The van der Waals surface area contributed by atoms with Crippen LogP contribution >= 0.6 is 0 Å². The van der Waals surface area contributed by atoms with Crippen LogP contribution in [0.4, 0.5) is 0 Å². The maximum Gasteiger partial charge on any atom is 0.0573 e. The topological polar surface area (TPSA) is 20.2 Å². The van der Waals surface area contributed by atoms with Crippen LogP contribution in [0.1, 0.15) is 40.0 Å². The minimum atomic E-state index is -0.0289. The van der Waals surface area contributed by atoms with E-state index in [1.54, 1.807) is 0 Å². The molecule has 0 aromatic rings. The van der Waals surface area contributed by atoms with Gasteiger partial charge in [-0.3, -0.25) is 0 Å². The summed E-state index contributed by atoms with van der Waals surface area (Å²) in [6.07, 6.45) is 3.51. The van der Waals surface area contributed by atoms with E-state index in [4.69, 9.17) is 0 Å². The predicted molar refractivity (Wildman–Crippen MR) is 47.3 cm³/mol. The normalized spacial score (nSPS) is 39.5. The van der Waals surface area contributed by atoms with E-state index in [0.717, 1.165) is 12.3 Å². The van der Waals surface area contributed by atoms with Crippen LogP contribution < -0.4 is 0 Å². The Bertz CT molecular complexity index is 110. The van der Waals surface area contributed by atoms with E-state index in [2.05, 4.69) is 20.8 Å². The van der Waals surface area contributed by atoms with Gasteiger partial charge in [0.2, 0.25) is 0 Å². The van der Waals surface area contributed by atoms with Crippen LogP contribution in [0.2, 0.25) is 0 Å². The highest BCUT2D eigenvalue weighted by atomic mass is 16.3. The van der Waals surface area contributed by atoms with Gasteiger partial charge in [-0.15, -0.1) is 0 Å². The smallest absolute Gasteiger partial charge is 0.0573 e. The van der Waals surface area contributed by atoms with Crippen molar-refractivity contribution in [2.24, 2.45) is 17.8 Å². The molecule has 1 aliphatic rings. The van der Waals surface area contributed by atoms with E-state index in [1.165, 1.54) is 12.8 Å². The molecule has 0 bridgehead atoms. The van der Waals surface area contributed by atoms with Crippen molar-refractivity contribution in [2.75, 3.05) is 0 Å². The van der Waals surface area contributed by atoms with Gasteiger partial charge in [0.1, 0.15) is 0 Å². The van der Waals surface area contributed by atoms with E-state index in [1.807, 2.05) is 0 Å². The van der Waals surface area contributed by atoms with Gasteiger partial charge in [-0.25, -0.2) is 0 Å². The highest BCUT2D eigenvalue weighted by molar-refractivity contribution is 4.81. The Kier molecular flexibility index (Phi) is 2.94. The van der Waals surface area contributed by atoms with Gasteiger partial charge in [0.05, 0.1) is 6.10 Å². The lowest BCUT2D eigenvalue weighted by molar-refractivity contribution is 0.0131. The van der Waals surface area contributed by atoms with Crippen molar-refractivity contribution < 1.29 is 5.11 Å². The third-order valence-corrected chi connectivity index (χ3v) is 3.03. The number of rotatable bonds is 1. The van der Waals surface area contributed by atoms with Gasteiger partial charge in [-0.05, 0) is 24.2 Å². The molecule has 1 rings (SSSR count). The van der Waals surface area contributed by atoms with E-state index in [-0.39, 0.29) is 6.10 Å². The fraction of sp³-hybridized carbons (Fsp3) is 1.00. The van der Waals surface area contributed by atoms with Crippen molar-refractivity contribution in [3.05, 3.63) is 0 Å². The molecule has 1 aliphatic carbocycles. The molecule has 1 heteroatoms. The van der Waals surface area contributed by atoms with Gasteiger partial charge in [-0.2, -0.15) is 0 Å². The summed E-state index contributed by atoms with van der Waals surface area (Å²) in [4.78, 5) is 0. The molecular weight excluding hydrogens is 136 g/mol. The first-order valence-corrected chi connectivity index (χ1v) is 4.81. The van der Waals surface area contributed by atoms with Crippen molar-refractivity contribution in [3.8, 4) is 0 Å². The van der Waals surface area contributed by atoms with Crippen LogP contribution in [0, 0.1) is 17.8 Å². The number of hydrogen-bond donors (Lipinski definition) is 1. The second-order valence-corrected chi connectivity index (χ2v) is 4.30. The van der Waals surface area contributed by atoms with Crippen molar-refractivity contribution >= 4 is 0 Å². The number of aliphatic hydroxyl groups excluding tert-OH is 1. The van der Waals surface area contributed by atoms with Crippen LogP contribution in [-0.2, 0) is 0 Å². The third kappa shape index (κ3) is 1.96. The first kappa shape index (κ1) is 9.05. The lowest BCUT2D eigenvalue weighted by Gasteiger charge is -2.36. The fourth-order valence-corrected chi connectivity index (χ4v) is 2.51. The van der Waals surface area contributed by atoms with E-state index >= 15 is 0 Å². The van der Waals surface area contributed by atoms with Crippen molar-refractivity contribution in [2.45, 2.75) is 46.1 Å². The lowest BCUT2D eigenvalue weighted by atomic mass is 9.73. The van der Waals surface area contributed by atoms with Gasteiger partial charge in [0, 0.05) is 0 Å². The summed E-state index contributed by atoms with van der Waals surface area (Å²) in [7, 11) is 0. The summed E-state index contributed by atoms with van der Waals surface area (Å²) in [5.41, 5.74) is 0. The maximum absolute atomic E-state index is 9.71. The van der Waals surface area contributed by atoms with Crippen molar-refractivity contribution in [1.29, 1.82) is 0 Å². The summed E-state index contributed by atoms with van der Waals surface area (Å²) in [6.45, 7) is 6.71. The molecule has 0 aromatic heterocycles. The summed E-state index contributed by atoms with van der Waals surface area (Å²) in [6, 6.07) is 0. The quantitative estimate of drug-likeness (QED) is 0.618. The molecule has 0 spiro atoms. The zero-order valence-corrected chi connectivity index (χ0v) is 7.88. The monoisotopic (exact) mass is 156 g/mol. The Morgan fingerprint density at radius 1 is 1.27 bits per heavy atom. The third-order valence-electron chi connectivity index (χ3n) is 3.03. The molecule has 0 amide bonds. The van der Waals surface area contributed by atoms with E-state index in [0.29, 0.717) is 11.8 Å². The zero-order chi connectivity index (χ0) is 8.43. The average Bonchev–Trinajstić information content (AvgIpc) is 1.85. The molecule has 1 nitrogen and oxygen atoms in total. The Morgan fingerprint density at radius 3 is 2.27 bits per heavy atom. The minimum absolute atomic E-state index is 0.0289. The molecule has 1 fully saturated rings. The van der Waals surface area contributed by atoms with Crippen LogP contribution in [0.15, 0.2) is 0 Å². The molecule has 0 saturated heterocycles. The van der Waals surface area contributed by atoms with Crippen molar-refractivity contribution in [3.63, 3.8) is 0 Å². The molecule has 0 aliphatic heterocycles. The molecule has 1 N–H and O–H groups in total. The number of hydrogen-bond acceptors (Lipinski definition) is 1. The second kappa shape index (κ2) is 3.57. The summed E-state index contributed by atoms with van der Waals surface area (Å²) < 4.78 is 0. The highest BCUT2D eigenvalue weighted by Gasteiger charge is 2.31. The van der Waals surface area contributed by atoms with E-state index < -0.39 is 0 Å². The molecule has 0 aromatic carbocycles. The van der Waals surface area contributed by atoms with Crippen LogP contribution in [0.25, 0.3) is 0 Å². The summed E-state index contributed by atoms with van der Waals surface area (Å²) in [5, 5.41) is 9.71. The van der Waals surface area contributed by atoms with Gasteiger partial charge in [-0.1, -0.05) is 33.6 Å². The molecule has 3 atom stereocenters.